The molecule has 0 radical (unpaired) electrons. The summed E-state index contributed by atoms with van der Waals surface area (Å²) in [7, 11) is 0. The molecule has 0 bridgehead atoms. The smallest absolute Gasteiger partial charge is 0.265 e. The molecule has 0 aromatic carbocycles. The van der Waals surface area contributed by atoms with E-state index < -0.39 is 0 Å². The zero-order valence-corrected chi connectivity index (χ0v) is 5.03. The maximum atomic E-state index is 10.6. The second-order valence-electron chi connectivity index (χ2n) is 1.71. The quantitative estimate of drug-likeness (QED) is 0.491. The molecule has 1 aromatic heterocycles. The van der Waals surface area contributed by atoms with Crippen molar-refractivity contribution in [3.05, 3.63) is 34.2 Å². The first-order valence-electron chi connectivity index (χ1n) is 2.59. The van der Waals surface area contributed by atoms with Crippen LogP contribution in [-0.4, -0.2) is 10.2 Å². The Morgan fingerprint density at radius 1 is 1.56 bits per heavy atom. The van der Waals surface area contributed by atoms with Crippen molar-refractivity contribution in [3.63, 3.8) is 0 Å². The van der Waals surface area contributed by atoms with Crippen LogP contribution in [0.3, 0.4) is 0 Å². The van der Waals surface area contributed by atoms with E-state index in [-0.39, 0.29) is 5.56 Å². The van der Waals surface area contributed by atoms with Gasteiger partial charge in [0.25, 0.3) is 5.56 Å². The predicted molar refractivity (Wildman–Crippen MR) is 33.0 cm³/mol. The van der Waals surface area contributed by atoms with Gasteiger partial charge in [-0.2, -0.15) is 5.10 Å². The van der Waals surface area contributed by atoms with E-state index in [0.29, 0.717) is 5.56 Å². The predicted octanol–water partition coefficient (Wildman–Crippen LogP) is 0.145. The lowest BCUT2D eigenvalue weighted by Gasteiger charge is -1.71. The topological polar surface area (TPSA) is 42.9 Å². The van der Waals surface area contributed by atoms with E-state index in [1.165, 1.54) is 6.20 Å². The SMILES string of the molecule is Cc1cccnnc1=O. The minimum atomic E-state index is -0.264. The largest absolute Gasteiger partial charge is 0.291 e. The van der Waals surface area contributed by atoms with Gasteiger partial charge in [0.05, 0.1) is 0 Å². The lowest BCUT2D eigenvalue weighted by Crippen LogP contribution is -2.05. The molecule has 0 saturated carbocycles. The summed E-state index contributed by atoms with van der Waals surface area (Å²) in [6, 6.07) is 3.37. The van der Waals surface area contributed by atoms with Gasteiger partial charge in [-0.25, -0.2) is 0 Å². The highest BCUT2D eigenvalue weighted by atomic mass is 16.1. The van der Waals surface area contributed by atoms with Gasteiger partial charge in [-0.05, 0) is 13.0 Å². The molecule has 46 valence electrons. The minimum absolute atomic E-state index is 0.264. The molecular formula is C6H6N2O. The monoisotopic (exact) mass is 122 g/mol. The van der Waals surface area contributed by atoms with Crippen LogP contribution in [0.1, 0.15) is 5.56 Å². The van der Waals surface area contributed by atoms with Crippen molar-refractivity contribution in [1.82, 2.24) is 10.2 Å². The molecule has 3 nitrogen and oxygen atoms in total. The summed E-state index contributed by atoms with van der Waals surface area (Å²) < 4.78 is 0. The molecule has 0 spiro atoms. The number of hydrogen-bond acceptors (Lipinski definition) is 3. The Balaban J connectivity index is 3.42. The third kappa shape index (κ3) is 1.32. The second kappa shape index (κ2) is 2.35. The molecule has 0 amide bonds. The van der Waals surface area contributed by atoms with Crippen molar-refractivity contribution in [2.24, 2.45) is 0 Å². The van der Waals surface area contributed by atoms with Gasteiger partial charge in [-0.3, -0.25) is 4.79 Å². The highest BCUT2D eigenvalue weighted by molar-refractivity contribution is 5.02. The van der Waals surface area contributed by atoms with Gasteiger partial charge in [0.2, 0.25) is 0 Å². The lowest BCUT2D eigenvalue weighted by atomic mass is 10.3. The van der Waals surface area contributed by atoms with Gasteiger partial charge in [-0.1, -0.05) is 6.07 Å². The molecule has 1 rings (SSSR count). The van der Waals surface area contributed by atoms with E-state index in [4.69, 9.17) is 0 Å². The van der Waals surface area contributed by atoms with Crippen molar-refractivity contribution in [3.8, 4) is 0 Å². The molecule has 0 aliphatic rings. The summed E-state index contributed by atoms with van der Waals surface area (Å²) in [5, 5.41) is 6.78. The number of nitrogens with zero attached hydrogens (tertiary/aromatic N) is 2. The molecule has 0 saturated heterocycles. The molecule has 0 aliphatic heterocycles. The first kappa shape index (κ1) is 5.88. The average Bonchev–Trinajstić information content (AvgIpc) is 1.99. The maximum Gasteiger partial charge on any atom is 0.291 e. The summed E-state index contributed by atoms with van der Waals surface area (Å²) in [6.07, 6.45) is 1.48. The van der Waals surface area contributed by atoms with Crippen LogP contribution in [-0.2, 0) is 0 Å². The van der Waals surface area contributed by atoms with Crippen molar-refractivity contribution < 1.29 is 0 Å². The Labute approximate surface area is 52.4 Å². The fourth-order valence-electron chi connectivity index (χ4n) is 0.462. The summed E-state index contributed by atoms with van der Waals surface area (Å²) in [5.41, 5.74) is 0.354. The van der Waals surface area contributed by atoms with Gasteiger partial charge >= 0.3 is 0 Å². The maximum absolute atomic E-state index is 10.6. The van der Waals surface area contributed by atoms with Crippen LogP contribution in [0, 0.1) is 6.92 Å². The molecule has 0 fully saturated rings. The van der Waals surface area contributed by atoms with E-state index >= 15 is 0 Å². The summed E-state index contributed by atoms with van der Waals surface area (Å²) in [5.74, 6) is 0. The van der Waals surface area contributed by atoms with Gasteiger partial charge < -0.3 is 0 Å². The molecule has 0 atom stereocenters. The second-order valence-corrected chi connectivity index (χ2v) is 1.71. The third-order valence-electron chi connectivity index (χ3n) is 0.985. The molecule has 9 heavy (non-hydrogen) atoms. The van der Waals surface area contributed by atoms with Gasteiger partial charge in [-0.15, -0.1) is 5.10 Å². The van der Waals surface area contributed by atoms with Crippen LogP contribution in [0.4, 0.5) is 0 Å². The first-order chi connectivity index (χ1) is 4.30. The van der Waals surface area contributed by atoms with E-state index in [1.54, 1.807) is 19.1 Å². The number of aryl methyl sites for hydroxylation is 1. The van der Waals surface area contributed by atoms with Crippen LogP contribution >= 0.6 is 0 Å². The van der Waals surface area contributed by atoms with E-state index in [9.17, 15) is 4.79 Å². The van der Waals surface area contributed by atoms with Crippen molar-refractivity contribution in [2.45, 2.75) is 6.92 Å². The Morgan fingerprint density at radius 3 is 3.11 bits per heavy atom. The molecule has 3 heteroatoms. The summed E-state index contributed by atoms with van der Waals surface area (Å²) >= 11 is 0. The summed E-state index contributed by atoms with van der Waals surface area (Å²) in [4.78, 5) is 10.6. The van der Waals surface area contributed by atoms with E-state index in [0.717, 1.165) is 0 Å². The zero-order chi connectivity index (χ0) is 6.69. The number of hydrogen-bond donors (Lipinski definition) is 0. The first-order valence-corrected chi connectivity index (χ1v) is 2.59. The minimum Gasteiger partial charge on any atom is -0.265 e. The van der Waals surface area contributed by atoms with E-state index in [1.807, 2.05) is 0 Å². The Hall–Kier alpha value is -1.25. The molecule has 1 aromatic rings. The van der Waals surface area contributed by atoms with Crippen molar-refractivity contribution in [1.29, 1.82) is 0 Å². The normalized spacial score (nSPS) is 9.00. The molecular weight excluding hydrogens is 116 g/mol. The fraction of sp³-hybridized carbons (Fsp3) is 0.167. The van der Waals surface area contributed by atoms with Gasteiger partial charge in [0.15, 0.2) is 0 Å². The zero-order valence-electron chi connectivity index (χ0n) is 5.03. The molecule has 0 N–H and O–H groups in total. The van der Waals surface area contributed by atoms with Gasteiger partial charge in [0, 0.05) is 11.8 Å². The average molecular weight is 122 g/mol. The number of aromatic nitrogens is 2. The molecule has 0 unspecified atom stereocenters. The van der Waals surface area contributed by atoms with E-state index in [2.05, 4.69) is 10.2 Å². The summed E-state index contributed by atoms with van der Waals surface area (Å²) in [6.45, 7) is 1.71. The number of rotatable bonds is 0. The van der Waals surface area contributed by atoms with Crippen LogP contribution in [0.5, 0.6) is 0 Å². The van der Waals surface area contributed by atoms with Gasteiger partial charge in [0.1, 0.15) is 0 Å². The molecule has 0 aliphatic carbocycles. The van der Waals surface area contributed by atoms with Crippen LogP contribution < -0.4 is 5.56 Å². The van der Waals surface area contributed by atoms with Crippen LogP contribution in [0.2, 0.25) is 0 Å². The Kier molecular flexibility index (Phi) is 1.53. The fourth-order valence-corrected chi connectivity index (χ4v) is 0.462. The molecule has 1 heterocycles. The highest BCUT2D eigenvalue weighted by Crippen LogP contribution is 1.79. The standard InChI is InChI=1S/C6H6N2O/c1-5-3-2-4-7-8-6(5)9/h2-4H,1H3. The third-order valence-corrected chi connectivity index (χ3v) is 0.985. The van der Waals surface area contributed by atoms with Crippen LogP contribution in [0.15, 0.2) is 23.1 Å². The van der Waals surface area contributed by atoms with Crippen molar-refractivity contribution >= 4 is 0 Å². The highest BCUT2D eigenvalue weighted by Gasteiger charge is 1.85. The Bertz CT molecular complexity index is 259. The van der Waals surface area contributed by atoms with Crippen LogP contribution in [0.25, 0.3) is 0 Å². The lowest BCUT2D eigenvalue weighted by molar-refractivity contribution is 1.00. The Morgan fingerprint density at radius 2 is 2.33 bits per heavy atom. The van der Waals surface area contributed by atoms with Crippen molar-refractivity contribution in [2.75, 3.05) is 0 Å².